The summed E-state index contributed by atoms with van der Waals surface area (Å²) in [5.41, 5.74) is 2.07. The predicted octanol–water partition coefficient (Wildman–Crippen LogP) is 3.67. The molecule has 0 aromatic carbocycles. The number of ether oxygens (including phenoxy) is 1. The maximum Gasteiger partial charge on any atom is 0.341 e. The maximum atomic E-state index is 12.6. The fraction of sp³-hybridized carbons (Fsp3) is 0.421. The van der Waals surface area contributed by atoms with E-state index in [1.165, 1.54) is 15.9 Å². The zero-order valence-electron chi connectivity index (χ0n) is 15.3. The van der Waals surface area contributed by atoms with Crippen LogP contribution >= 0.6 is 27.3 Å². The second-order valence-electron chi connectivity index (χ2n) is 6.48. The quantitative estimate of drug-likeness (QED) is 0.701. The Bertz CT molecular complexity index is 948. The minimum absolute atomic E-state index is 0.121. The molecule has 2 aromatic heterocycles. The summed E-state index contributed by atoms with van der Waals surface area (Å²) in [6, 6.07) is 1.71. The molecule has 0 aliphatic heterocycles. The van der Waals surface area contributed by atoms with Gasteiger partial charge in [0.25, 0.3) is 5.56 Å². The Morgan fingerprint density at radius 1 is 1.33 bits per heavy atom. The number of fused-ring (bicyclic) bond motifs is 1. The van der Waals surface area contributed by atoms with Gasteiger partial charge in [0.1, 0.15) is 11.5 Å². The summed E-state index contributed by atoms with van der Waals surface area (Å²) in [5, 5.41) is 3.34. The van der Waals surface area contributed by atoms with Gasteiger partial charge in [0.05, 0.1) is 16.6 Å². The maximum absolute atomic E-state index is 12.6. The van der Waals surface area contributed by atoms with Crippen LogP contribution in [-0.4, -0.2) is 23.1 Å². The molecule has 2 aromatic rings. The van der Waals surface area contributed by atoms with Gasteiger partial charge in [-0.1, -0.05) is 0 Å². The van der Waals surface area contributed by atoms with Gasteiger partial charge in [-0.15, -0.1) is 11.3 Å². The second-order valence-corrected chi connectivity index (χ2v) is 8.44. The van der Waals surface area contributed by atoms with E-state index in [4.69, 9.17) is 4.74 Å². The zero-order valence-corrected chi connectivity index (χ0v) is 17.7. The first-order chi connectivity index (χ1) is 12.9. The van der Waals surface area contributed by atoms with Gasteiger partial charge in [-0.2, -0.15) is 0 Å². The zero-order chi connectivity index (χ0) is 19.6. The van der Waals surface area contributed by atoms with Crippen molar-refractivity contribution < 1.29 is 14.3 Å². The van der Waals surface area contributed by atoms with E-state index < -0.39 is 5.97 Å². The van der Waals surface area contributed by atoms with Crippen LogP contribution in [0, 0.1) is 6.92 Å². The second kappa shape index (κ2) is 8.39. The van der Waals surface area contributed by atoms with E-state index in [1.54, 1.807) is 19.2 Å². The summed E-state index contributed by atoms with van der Waals surface area (Å²) in [5.74, 6) is -0.749. The van der Waals surface area contributed by atoms with E-state index in [0.29, 0.717) is 15.0 Å². The minimum Gasteiger partial charge on any atom is -0.462 e. The number of pyridine rings is 1. The molecule has 1 N–H and O–H groups in total. The van der Waals surface area contributed by atoms with Crippen LogP contribution in [0.3, 0.4) is 0 Å². The Kier molecular flexibility index (Phi) is 6.16. The van der Waals surface area contributed by atoms with Crippen molar-refractivity contribution in [2.75, 3.05) is 11.9 Å². The van der Waals surface area contributed by atoms with Crippen molar-refractivity contribution in [3.63, 3.8) is 0 Å². The van der Waals surface area contributed by atoms with Gasteiger partial charge in [-0.25, -0.2) is 4.79 Å². The average Bonchev–Trinajstić information content (AvgIpc) is 2.97. The van der Waals surface area contributed by atoms with Gasteiger partial charge in [0, 0.05) is 11.1 Å². The first kappa shape index (κ1) is 19.8. The van der Waals surface area contributed by atoms with Crippen LogP contribution < -0.4 is 10.9 Å². The summed E-state index contributed by atoms with van der Waals surface area (Å²) >= 11 is 4.65. The molecule has 6 nitrogen and oxygen atoms in total. The molecule has 0 radical (unpaired) electrons. The number of nitrogens with one attached hydrogen (secondary N) is 1. The van der Waals surface area contributed by atoms with Crippen LogP contribution in [0.4, 0.5) is 5.00 Å². The van der Waals surface area contributed by atoms with Gasteiger partial charge in [-0.3, -0.25) is 9.59 Å². The number of hydrogen-bond acceptors (Lipinski definition) is 5. The number of esters is 1. The number of nitrogens with zero attached hydrogens (tertiary/aromatic N) is 1. The summed E-state index contributed by atoms with van der Waals surface area (Å²) in [6.07, 6.45) is 5.47. The lowest BCUT2D eigenvalue weighted by atomic mass is 9.95. The average molecular weight is 453 g/mol. The van der Waals surface area contributed by atoms with Gasteiger partial charge in [0.15, 0.2) is 0 Å². The van der Waals surface area contributed by atoms with Crippen molar-refractivity contribution in [3.8, 4) is 0 Å². The Morgan fingerprint density at radius 3 is 2.81 bits per heavy atom. The van der Waals surface area contributed by atoms with Crippen LogP contribution in [0.2, 0.25) is 0 Å². The van der Waals surface area contributed by atoms with Crippen LogP contribution in [-0.2, 0) is 28.9 Å². The number of thiophene rings is 1. The lowest BCUT2D eigenvalue weighted by Gasteiger charge is -2.12. The molecule has 3 rings (SSSR count). The van der Waals surface area contributed by atoms with Crippen molar-refractivity contribution in [3.05, 3.63) is 48.7 Å². The predicted molar refractivity (Wildman–Crippen MR) is 109 cm³/mol. The van der Waals surface area contributed by atoms with Crippen LogP contribution in [0.5, 0.6) is 0 Å². The third-order valence-corrected chi connectivity index (χ3v) is 6.17. The van der Waals surface area contributed by atoms with Crippen LogP contribution in [0.15, 0.2) is 21.5 Å². The fourth-order valence-corrected chi connectivity index (χ4v) is 5.13. The third kappa shape index (κ3) is 4.32. The Balaban J connectivity index is 1.87. The Hall–Kier alpha value is -1.93. The molecule has 0 bridgehead atoms. The van der Waals surface area contributed by atoms with Crippen LogP contribution in [0.1, 0.15) is 46.1 Å². The summed E-state index contributed by atoms with van der Waals surface area (Å²) in [7, 11) is 0. The standard InChI is InChI=1S/C19H21BrN2O4S/c1-3-26-19(25)16-12-6-4-5-7-14(12)27-17(16)21-15(23)10-22-9-11(2)8-13(20)18(22)24/h8-9H,3-7,10H2,1-2H3,(H,21,23). The molecular weight excluding hydrogens is 432 g/mol. The van der Waals surface area contributed by atoms with Gasteiger partial charge in [-0.05, 0) is 72.7 Å². The van der Waals surface area contributed by atoms with E-state index in [2.05, 4.69) is 21.2 Å². The number of anilines is 1. The van der Waals surface area contributed by atoms with Crippen molar-refractivity contribution in [1.29, 1.82) is 0 Å². The lowest BCUT2D eigenvalue weighted by molar-refractivity contribution is -0.116. The molecule has 144 valence electrons. The van der Waals surface area contributed by atoms with Crippen molar-refractivity contribution >= 4 is 44.1 Å². The lowest BCUT2D eigenvalue weighted by Crippen LogP contribution is -2.28. The molecule has 0 spiro atoms. The molecule has 0 saturated carbocycles. The van der Waals surface area contributed by atoms with Crippen molar-refractivity contribution in [2.45, 2.75) is 46.1 Å². The molecule has 0 fully saturated rings. The molecule has 2 heterocycles. The molecule has 0 saturated heterocycles. The number of rotatable bonds is 5. The van der Waals surface area contributed by atoms with E-state index in [0.717, 1.165) is 41.7 Å². The van der Waals surface area contributed by atoms with E-state index >= 15 is 0 Å². The monoisotopic (exact) mass is 452 g/mol. The molecule has 27 heavy (non-hydrogen) atoms. The molecule has 8 heteroatoms. The normalized spacial score (nSPS) is 13.1. The van der Waals surface area contributed by atoms with E-state index in [1.807, 2.05) is 6.92 Å². The van der Waals surface area contributed by atoms with Crippen molar-refractivity contribution in [2.24, 2.45) is 0 Å². The smallest absolute Gasteiger partial charge is 0.341 e. The highest BCUT2D eigenvalue weighted by Gasteiger charge is 2.27. The Morgan fingerprint density at radius 2 is 2.07 bits per heavy atom. The number of hydrogen-bond donors (Lipinski definition) is 1. The highest BCUT2D eigenvalue weighted by atomic mass is 79.9. The largest absolute Gasteiger partial charge is 0.462 e. The van der Waals surface area contributed by atoms with Gasteiger partial charge < -0.3 is 14.6 Å². The van der Waals surface area contributed by atoms with Crippen molar-refractivity contribution in [1.82, 2.24) is 4.57 Å². The number of carbonyl (C=O) groups is 2. The molecular formula is C19H21BrN2O4S. The Labute approximate surface area is 169 Å². The highest BCUT2D eigenvalue weighted by Crippen LogP contribution is 2.38. The molecule has 1 aliphatic rings. The number of halogens is 1. The topological polar surface area (TPSA) is 77.4 Å². The molecule has 0 atom stereocenters. The summed E-state index contributed by atoms with van der Waals surface area (Å²) in [6.45, 7) is 3.77. The number of aryl methyl sites for hydroxylation is 2. The third-order valence-electron chi connectivity index (χ3n) is 4.40. The van der Waals surface area contributed by atoms with E-state index in [9.17, 15) is 14.4 Å². The van der Waals surface area contributed by atoms with E-state index in [-0.39, 0.29) is 24.6 Å². The number of aromatic nitrogens is 1. The molecule has 1 amide bonds. The first-order valence-electron chi connectivity index (χ1n) is 8.88. The minimum atomic E-state index is -0.400. The highest BCUT2D eigenvalue weighted by molar-refractivity contribution is 9.10. The summed E-state index contributed by atoms with van der Waals surface area (Å²) in [4.78, 5) is 38.4. The summed E-state index contributed by atoms with van der Waals surface area (Å²) < 4.78 is 6.96. The molecule has 0 unspecified atom stereocenters. The first-order valence-corrected chi connectivity index (χ1v) is 10.5. The van der Waals surface area contributed by atoms with Gasteiger partial charge >= 0.3 is 5.97 Å². The molecule has 1 aliphatic carbocycles. The van der Waals surface area contributed by atoms with Crippen LogP contribution in [0.25, 0.3) is 0 Å². The number of amides is 1. The SMILES string of the molecule is CCOC(=O)c1c(NC(=O)Cn2cc(C)cc(Br)c2=O)sc2c1CCCC2. The number of carbonyl (C=O) groups excluding carboxylic acids is 2. The fourth-order valence-electron chi connectivity index (χ4n) is 3.25. The van der Waals surface area contributed by atoms with Gasteiger partial charge in [0.2, 0.25) is 5.91 Å².